The molecule has 0 aliphatic heterocycles. The van der Waals surface area contributed by atoms with Gasteiger partial charge in [0.05, 0.1) is 35.3 Å². The van der Waals surface area contributed by atoms with Gasteiger partial charge in [-0.1, -0.05) is 152 Å². The van der Waals surface area contributed by atoms with Gasteiger partial charge >= 0.3 is 0 Å². The highest BCUT2D eigenvalue weighted by Crippen LogP contribution is 2.45. The lowest BCUT2D eigenvalue weighted by atomic mass is 9.70. The SMILES string of the molecule is CC(c1ccccc1)(c1ccc(OCCO)c(-c2ccc(-c3nc4ccccc4n3-c3ccccc3)cc2)c1)c1ccc(OCCO)c(-c2ccc(-c3nc4ccccc4n3-c3ccccc3)cc2)c1. The Balaban J connectivity index is 1.01. The summed E-state index contributed by atoms with van der Waals surface area (Å²) in [5.41, 5.74) is 14.2. The van der Waals surface area contributed by atoms with Gasteiger partial charge in [-0.3, -0.25) is 9.13 Å². The second-order valence-corrected chi connectivity index (χ2v) is 17.4. The van der Waals surface area contributed by atoms with E-state index in [1.54, 1.807) is 0 Å². The number of aliphatic hydroxyl groups excluding tert-OH is 2. The highest BCUT2D eigenvalue weighted by molar-refractivity contribution is 5.86. The molecule has 0 radical (unpaired) electrons. The predicted octanol–water partition coefficient (Wildman–Crippen LogP) is 13.1. The maximum atomic E-state index is 9.91. The summed E-state index contributed by atoms with van der Waals surface area (Å²) in [7, 11) is 0. The maximum Gasteiger partial charge on any atom is 0.145 e. The third-order valence-corrected chi connectivity index (χ3v) is 13.2. The number of hydrogen-bond acceptors (Lipinski definition) is 6. The molecule has 8 nitrogen and oxygen atoms in total. The van der Waals surface area contributed by atoms with Gasteiger partial charge in [-0.15, -0.1) is 0 Å². The van der Waals surface area contributed by atoms with Gasteiger partial charge in [0.15, 0.2) is 0 Å². The number of hydrogen-bond donors (Lipinski definition) is 2. The van der Waals surface area contributed by atoms with Gasteiger partial charge in [0, 0.05) is 39.0 Å². The molecule has 2 aromatic heterocycles. The Bertz CT molecular complexity index is 3350. The molecule has 2 heterocycles. The van der Waals surface area contributed by atoms with Crippen LogP contribution in [0.5, 0.6) is 11.5 Å². The molecule has 70 heavy (non-hydrogen) atoms. The molecule has 342 valence electrons. The predicted molar refractivity (Wildman–Crippen MR) is 281 cm³/mol. The van der Waals surface area contributed by atoms with Crippen molar-refractivity contribution in [3.05, 3.63) is 241 Å². The molecule has 0 unspecified atom stereocenters. The fraction of sp³-hybridized carbons (Fsp3) is 0.0968. The fourth-order valence-corrected chi connectivity index (χ4v) is 9.68. The zero-order valence-electron chi connectivity index (χ0n) is 38.7. The molecule has 0 saturated carbocycles. The smallest absolute Gasteiger partial charge is 0.145 e. The number of benzene rings is 9. The largest absolute Gasteiger partial charge is 0.491 e. The molecule has 0 fully saturated rings. The van der Waals surface area contributed by atoms with Crippen molar-refractivity contribution >= 4 is 22.1 Å². The van der Waals surface area contributed by atoms with E-state index in [1.165, 1.54) is 0 Å². The van der Waals surface area contributed by atoms with Crippen LogP contribution in [-0.4, -0.2) is 55.7 Å². The minimum absolute atomic E-state index is 0.112. The highest BCUT2D eigenvalue weighted by Gasteiger charge is 2.33. The summed E-state index contributed by atoms with van der Waals surface area (Å²) in [4.78, 5) is 10.2. The average Bonchev–Trinajstić information content (AvgIpc) is 4.02. The van der Waals surface area contributed by atoms with Gasteiger partial charge in [0.1, 0.15) is 36.4 Å². The Kier molecular flexibility index (Phi) is 12.1. The summed E-state index contributed by atoms with van der Waals surface area (Å²) in [6, 6.07) is 77.3. The van der Waals surface area contributed by atoms with Crippen LogP contribution in [0.3, 0.4) is 0 Å². The fourth-order valence-electron chi connectivity index (χ4n) is 9.68. The Hall–Kier alpha value is -8.56. The van der Waals surface area contributed by atoms with Crippen LogP contribution in [0.1, 0.15) is 23.6 Å². The van der Waals surface area contributed by atoms with Crippen molar-refractivity contribution in [1.29, 1.82) is 0 Å². The lowest BCUT2D eigenvalue weighted by molar-refractivity contribution is 0.202. The first-order valence-electron chi connectivity index (χ1n) is 23.6. The zero-order valence-corrected chi connectivity index (χ0v) is 38.7. The molecule has 2 N–H and O–H groups in total. The Morgan fingerprint density at radius 1 is 0.400 bits per heavy atom. The summed E-state index contributed by atoms with van der Waals surface area (Å²) >= 11 is 0. The minimum Gasteiger partial charge on any atom is -0.491 e. The van der Waals surface area contributed by atoms with E-state index in [2.05, 4.69) is 150 Å². The molecular formula is C62H50N4O4. The monoisotopic (exact) mass is 914 g/mol. The van der Waals surface area contributed by atoms with E-state index in [0.29, 0.717) is 11.5 Å². The molecule has 0 amide bonds. The number of para-hydroxylation sites is 6. The summed E-state index contributed by atoms with van der Waals surface area (Å²) < 4.78 is 16.9. The highest BCUT2D eigenvalue weighted by atomic mass is 16.5. The van der Waals surface area contributed by atoms with Gasteiger partial charge in [0.25, 0.3) is 0 Å². The van der Waals surface area contributed by atoms with Crippen LogP contribution in [0, 0.1) is 0 Å². The number of ether oxygens (including phenoxy) is 2. The van der Waals surface area contributed by atoms with Crippen LogP contribution in [0.4, 0.5) is 0 Å². The van der Waals surface area contributed by atoms with Crippen molar-refractivity contribution in [2.24, 2.45) is 0 Å². The molecule has 0 aliphatic carbocycles. The molecule has 9 aromatic carbocycles. The first-order chi connectivity index (χ1) is 34.5. The second-order valence-electron chi connectivity index (χ2n) is 17.4. The zero-order chi connectivity index (χ0) is 47.4. The Morgan fingerprint density at radius 3 is 1.19 bits per heavy atom. The van der Waals surface area contributed by atoms with Gasteiger partial charge in [-0.25, -0.2) is 9.97 Å². The normalized spacial score (nSPS) is 11.6. The van der Waals surface area contributed by atoms with Crippen LogP contribution in [0.25, 0.3) is 78.5 Å². The average molecular weight is 915 g/mol. The van der Waals surface area contributed by atoms with Crippen molar-refractivity contribution in [2.45, 2.75) is 12.3 Å². The molecule has 8 heteroatoms. The third kappa shape index (κ3) is 8.19. The molecule has 11 rings (SSSR count). The molecule has 0 bridgehead atoms. The van der Waals surface area contributed by atoms with Crippen LogP contribution >= 0.6 is 0 Å². The quantitative estimate of drug-likeness (QED) is 0.0995. The Morgan fingerprint density at radius 2 is 0.771 bits per heavy atom. The van der Waals surface area contributed by atoms with Crippen molar-refractivity contribution < 1.29 is 19.7 Å². The number of aliphatic hydroxyl groups is 2. The first kappa shape index (κ1) is 44.0. The lowest BCUT2D eigenvalue weighted by Gasteiger charge is -2.33. The molecule has 0 spiro atoms. The summed E-state index contributed by atoms with van der Waals surface area (Å²) in [6.07, 6.45) is 0. The van der Waals surface area contributed by atoms with Gasteiger partial charge in [0.2, 0.25) is 0 Å². The maximum absolute atomic E-state index is 9.91. The van der Waals surface area contributed by atoms with Crippen molar-refractivity contribution in [3.8, 4) is 67.9 Å². The molecule has 0 saturated heterocycles. The molecular weight excluding hydrogens is 865 g/mol. The third-order valence-electron chi connectivity index (χ3n) is 13.2. The lowest BCUT2D eigenvalue weighted by Crippen LogP contribution is -2.25. The molecule has 0 aliphatic rings. The van der Waals surface area contributed by atoms with E-state index >= 15 is 0 Å². The van der Waals surface area contributed by atoms with Crippen LogP contribution in [-0.2, 0) is 5.41 Å². The van der Waals surface area contributed by atoms with Crippen LogP contribution in [0.2, 0.25) is 0 Å². The number of fused-ring (bicyclic) bond motifs is 2. The van der Waals surface area contributed by atoms with Gasteiger partial charge < -0.3 is 19.7 Å². The van der Waals surface area contributed by atoms with Crippen molar-refractivity contribution in [1.82, 2.24) is 19.1 Å². The minimum atomic E-state index is -0.670. The van der Waals surface area contributed by atoms with E-state index < -0.39 is 5.41 Å². The molecule has 11 aromatic rings. The summed E-state index contributed by atoms with van der Waals surface area (Å²) in [5.74, 6) is 3.05. The van der Waals surface area contributed by atoms with E-state index in [-0.39, 0.29) is 26.4 Å². The van der Waals surface area contributed by atoms with Crippen molar-refractivity contribution in [3.63, 3.8) is 0 Å². The van der Waals surface area contributed by atoms with E-state index in [1.807, 2.05) is 91.0 Å². The van der Waals surface area contributed by atoms with Gasteiger partial charge in [-0.05, 0) is 108 Å². The molecule has 0 atom stereocenters. The number of nitrogens with zero attached hydrogens (tertiary/aromatic N) is 4. The summed E-state index contributed by atoms with van der Waals surface area (Å²) in [6.45, 7) is 2.35. The van der Waals surface area contributed by atoms with E-state index in [9.17, 15) is 10.2 Å². The van der Waals surface area contributed by atoms with E-state index in [0.717, 1.165) is 95.2 Å². The van der Waals surface area contributed by atoms with Crippen LogP contribution < -0.4 is 9.47 Å². The van der Waals surface area contributed by atoms with E-state index in [4.69, 9.17) is 19.4 Å². The summed E-state index contributed by atoms with van der Waals surface area (Å²) in [5, 5.41) is 19.8. The Labute approximate surface area is 407 Å². The topological polar surface area (TPSA) is 94.6 Å². The van der Waals surface area contributed by atoms with Crippen LogP contribution in [0.15, 0.2) is 224 Å². The second kappa shape index (κ2) is 19.2. The standard InChI is InChI=1S/C62H50N4O4/c1-62(47-15-5-2-6-16-47,48-33-35-58(69-39-37-67)52(41-48)43-25-29-45(30-26-43)60-63-54-21-11-13-23-56(54)65(60)50-17-7-3-8-18-50)49-34-36-59(70-40-38-68)53(42-49)44-27-31-46(32-28-44)61-64-55-22-12-14-24-57(55)66(61)51-19-9-4-10-20-51/h2-36,41-42,67-68H,37-40H2,1H3. The first-order valence-corrected chi connectivity index (χ1v) is 23.6. The van der Waals surface area contributed by atoms with Crippen molar-refractivity contribution in [2.75, 3.05) is 26.4 Å². The number of aromatic nitrogens is 4. The van der Waals surface area contributed by atoms with Gasteiger partial charge in [-0.2, -0.15) is 0 Å². The number of rotatable bonds is 15. The number of imidazole rings is 2.